The van der Waals surface area contributed by atoms with Crippen molar-refractivity contribution in [1.82, 2.24) is 0 Å². The van der Waals surface area contributed by atoms with Gasteiger partial charge in [0.1, 0.15) is 0 Å². The predicted molar refractivity (Wildman–Crippen MR) is 135 cm³/mol. The van der Waals surface area contributed by atoms with Crippen molar-refractivity contribution in [2.75, 3.05) is 0 Å². The van der Waals surface area contributed by atoms with Crippen LogP contribution in [0.15, 0.2) is 106 Å². The third kappa shape index (κ3) is 3.69. The summed E-state index contributed by atoms with van der Waals surface area (Å²) >= 11 is 0. The van der Waals surface area contributed by atoms with Crippen LogP contribution in [0.1, 0.15) is 47.1 Å². The number of aliphatic imine (C=N–C) groups is 2. The Bertz CT molecular complexity index is 1330. The Morgan fingerprint density at radius 1 is 0.594 bits per heavy atom. The van der Waals surface area contributed by atoms with E-state index in [1.165, 1.54) is 44.8 Å². The second kappa shape index (κ2) is 8.05. The largest absolute Gasteiger partial charge is 0.253 e. The molecule has 3 aromatic carbocycles. The van der Waals surface area contributed by atoms with Crippen molar-refractivity contribution < 1.29 is 0 Å². The maximum atomic E-state index is 4.84. The van der Waals surface area contributed by atoms with Crippen molar-refractivity contribution >= 4 is 29.3 Å². The van der Waals surface area contributed by atoms with Gasteiger partial charge in [-0.25, -0.2) is 0 Å². The van der Waals surface area contributed by atoms with E-state index in [0.29, 0.717) is 0 Å². The summed E-state index contributed by atoms with van der Waals surface area (Å²) in [4.78, 5) is 9.63. The van der Waals surface area contributed by atoms with Crippen molar-refractivity contribution in [2.45, 2.75) is 25.7 Å². The van der Waals surface area contributed by atoms with Crippen LogP contribution in [-0.2, 0) is 6.42 Å². The summed E-state index contributed by atoms with van der Waals surface area (Å²) in [5, 5.41) is 0. The van der Waals surface area contributed by atoms with Crippen LogP contribution < -0.4 is 0 Å². The number of benzene rings is 3. The first-order chi connectivity index (χ1) is 15.8. The van der Waals surface area contributed by atoms with Crippen LogP contribution in [0.5, 0.6) is 0 Å². The number of fused-ring (bicyclic) bond motifs is 2. The molecule has 0 spiro atoms. The fourth-order valence-electron chi connectivity index (χ4n) is 4.59. The van der Waals surface area contributed by atoms with Crippen LogP contribution in [0, 0.1) is 0 Å². The van der Waals surface area contributed by atoms with Gasteiger partial charge >= 0.3 is 0 Å². The highest BCUT2D eigenvalue weighted by Gasteiger charge is 2.19. The lowest BCUT2D eigenvalue weighted by Crippen LogP contribution is -1.99. The van der Waals surface area contributed by atoms with E-state index in [-0.39, 0.29) is 0 Å². The summed E-state index contributed by atoms with van der Waals surface area (Å²) in [5.41, 5.74) is 12.1. The molecule has 2 nitrogen and oxygen atoms in total. The van der Waals surface area contributed by atoms with E-state index < -0.39 is 0 Å². The first-order valence-corrected chi connectivity index (χ1v) is 11.3. The molecule has 3 aromatic rings. The molecule has 0 bridgehead atoms. The van der Waals surface area contributed by atoms with Crippen molar-refractivity contribution in [3.8, 4) is 0 Å². The van der Waals surface area contributed by atoms with Crippen LogP contribution in [0.2, 0.25) is 0 Å². The Balaban J connectivity index is 1.13. The van der Waals surface area contributed by atoms with Crippen molar-refractivity contribution in [1.29, 1.82) is 0 Å². The molecule has 0 unspecified atom stereocenters. The van der Waals surface area contributed by atoms with Gasteiger partial charge in [0.15, 0.2) is 0 Å². The average molecular weight is 413 g/mol. The predicted octanol–water partition coefficient (Wildman–Crippen LogP) is 7.33. The Morgan fingerprint density at radius 2 is 1.22 bits per heavy atom. The lowest BCUT2D eigenvalue weighted by atomic mass is 9.99. The summed E-state index contributed by atoms with van der Waals surface area (Å²) in [6, 6.07) is 25.8. The molecule has 0 saturated heterocycles. The third-order valence-corrected chi connectivity index (χ3v) is 6.40. The Labute approximate surface area is 189 Å². The monoisotopic (exact) mass is 412 g/mol. The van der Waals surface area contributed by atoms with E-state index in [9.17, 15) is 0 Å². The Hall–Kier alpha value is -3.78. The molecule has 0 radical (unpaired) electrons. The highest BCUT2D eigenvalue weighted by Crippen LogP contribution is 2.31. The van der Waals surface area contributed by atoms with E-state index in [0.717, 1.165) is 37.1 Å². The van der Waals surface area contributed by atoms with Gasteiger partial charge in [-0.2, -0.15) is 0 Å². The highest BCUT2D eigenvalue weighted by atomic mass is 14.8. The minimum absolute atomic E-state index is 0.914. The zero-order chi connectivity index (χ0) is 21.3. The molecule has 154 valence electrons. The van der Waals surface area contributed by atoms with Gasteiger partial charge in [0, 0.05) is 12.8 Å². The number of nitrogens with zero attached hydrogens (tertiary/aromatic N) is 2. The van der Waals surface area contributed by atoms with Gasteiger partial charge in [-0.3, -0.25) is 9.98 Å². The molecule has 6 rings (SSSR count). The molecule has 0 amide bonds. The van der Waals surface area contributed by atoms with Gasteiger partial charge in [-0.1, -0.05) is 91.0 Å². The number of para-hydroxylation sites is 1. The summed E-state index contributed by atoms with van der Waals surface area (Å²) in [5.74, 6) is 0. The van der Waals surface area contributed by atoms with Gasteiger partial charge in [-0.05, 0) is 52.3 Å². The maximum absolute atomic E-state index is 4.84. The van der Waals surface area contributed by atoms with Crippen molar-refractivity contribution in [3.63, 3.8) is 0 Å². The summed E-state index contributed by atoms with van der Waals surface area (Å²) < 4.78 is 0. The zero-order valence-corrected chi connectivity index (χ0v) is 18.0. The van der Waals surface area contributed by atoms with Crippen LogP contribution >= 0.6 is 0 Å². The van der Waals surface area contributed by atoms with E-state index in [1.807, 2.05) is 0 Å². The molecule has 0 fully saturated rings. The van der Waals surface area contributed by atoms with Gasteiger partial charge < -0.3 is 0 Å². The van der Waals surface area contributed by atoms with Gasteiger partial charge in [-0.15, -0.1) is 0 Å². The molecular formula is C30H24N2. The van der Waals surface area contributed by atoms with Crippen LogP contribution in [0.3, 0.4) is 0 Å². The number of allylic oxidation sites excluding steroid dienone is 3. The minimum Gasteiger partial charge on any atom is -0.253 e. The first-order valence-electron chi connectivity index (χ1n) is 11.3. The fraction of sp³-hybridized carbons (Fsp3) is 0.133. The molecular weight excluding hydrogens is 388 g/mol. The van der Waals surface area contributed by atoms with Crippen LogP contribution in [-0.4, -0.2) is 11.4 Å². The number of hydrogen-bond acceptors (Lipinski definition) is 2. The minimum atomic E-state index is 0.914. The maximum Gasteiger partial charge on any atom is 0.0669 e. The molecule has 32 heavy (non-hydrogen) atoms. The van der Waals surface area contributed by atoms with E-state index in [1.54, 1.807) is 0 Å². The Morgan fingerprint density at radius 3 is 1.88 bits per heavy atom. The molecule has 2 aliphatic heterocycles. The molecule has 0 aromatic heterocycles. The highest BCUT2D eigenvalue weighted by molar-refractivity contribution is 6.07. The molecule has 3 aliphatic rings. The lowest BCUT2D eigenvalue weighted by Gasteiger charge is -2.04. The summed E-state index contributed by atoms with van der Waals surface area (Å²) in [7, 11) is 0. The molecule has 0 atom stereocenters. The smallest absolute Gasteiger partial charge is 0.0669 e. The Kier molecular flexibility index (Phi) is 4.77. The molecule has 1 aliphatic carbocycles. The standard InChI is InChI=1S/C30H24N2/c1-3-7-27-25(5-1)19-29(31-27)23-15-11-21(12-16-23)9-10-22-13-17-24(18-14-22)30-20-26-6-2-4-8-28(26)32-30/h1,3,5-18H,2,4,19-20H2/b10-9+. The average Bonchev–Trinajstić information content (AvgIpc) is 3.48. The van der Waals surface area contributed by atoms with Gasteiger partial charge in [0.05, 0.1) is 22.8 Å². The van der Waals surface area contributed by atoms with Gasteiger partial charge in [0.2, 0.25) is 0 Å². The van der Waals surface area contributed by atoms with Crippen LogP contribution in [0.4, 0.5) is 5.69 Å². The summed E-state index contributed by atoms with van der Waals surface area (Å²) in [6.45, 7) is 0. The SMILES string of the molecule is C1=C2CC(c3ccc(/C=C/c4ccc(C5=Nc6ccccc6C5)cc4)cc3)=NC2=CCC1. The van der Waals surface area contributed by atoms with Crippen molar-refractivity contribution in [3.05, 3.63) is 124 Å². The van der Waals surface area contributed by atoms with Gasteiger partial charge in [0.25, 0.3) is 0 Å². The molecule has 2 heteroatoms. The first kappa shape index (κ1) is 18.9. The second-order valence-corrected chi connectivity index (χ2v) is 8.57. The number of hydrogen-bond donors (Lipinski definition) is 0. The molecule has 0 saturated carbocycles. The second-order valence-electron chi connectivity index (χ2n) is 8.57. The number of rotatable bonds is 4. The van der Waals surface area contributed by atoms with Crippen LogP contribution in [0.25, 0.3) is 12.2 Å². The quantitative estimate of drug-likeness (QED) is 0.401. The fourth-order valence-corrected chi connectivity index (χ4v) is 4.59. The van der Waals surface area contributed by atoms with E-state index in [2.05, 4.69) is 97.1 Å². The lowest BCUT2D eigenvalue weighted by molar-refractivity contribution is 0.987. The topological polar surface area (TPSA) is 24.7 Å². The van der Waals surface area contributed by atoms with E-state index >= 15 is 0 Å². The summed E-state index contributed by atoms with van der Waals surface area (Å²) in [6.07, 6.45) is 13.1. The van der Waals surface area contributed by atoms with E-state index in [4.69, 9.17) is 9.98 Å². The van der Waals surface area contributed by atoms with Crippen molar-refractivity contribution in [2.24, 2.45) is 9.98 Å². The normalized spacial score (nSPS) is 16.9. The molecule has 0 N–H and O–H groups in total. The molecule has 2 heterocycles. The third-order valence-electron chi connectivity index (χ3n) is 6.40. The zero-order valence-electron chi connectivity index (χ0n) is 18.0.